The lowest BCUT2D eigenvalue weighted by atomic mass is 9.77. The third-order valence-corrected chi connectivity index (χ3v) is 7.89. The summed E-state index contributed by atoms with van der Waals surface area (Å²) >= 11 is 0. The van der Waals surface area contributed by atoms with Crippen molar-refractivity contribution < 1.29 is 29.0 Å². The van der Waals surface area contributed by atoms with E-state index in [9.17, 15) is 19.5 Å². The highest BCUT2D eigenvalue weighted by Crippen LogP contribution is 2.54. The number of hydrogen-bond acceptors (Lipinski definition) is 6. The van der Waals surface area contributed by atoms with Crippen LogP contribution in [0, 0.1) is 23.2 Å². The van der Waals surface area contributed by atoms with E-state index in [4.69, 9.17) is 9.47 Å². The molecule has 0 aliphatic carbocycles. The summed E-state index contributed by atoms with van der Waals surface area (Å²) < 4.78 is 12.0. The third kappa shape index (κ3) is 4.40. The largest absolute Gasteiger partial charge is 0.461 e. The van der Waals surface area contributed by atoms with Gasteiger partial charge >= 0.3 is 5.97 Å². The van der Waals surface area contributed by atoms with E-state index in [-0.39, 0.29) is 36.4 Å². The van der Waals surface area contributed by atoms with Gasteiger partial charge in [0.25, 0.3) is 0 Å². The van der Waals surface area contributed by atoms with Crippen molar-refractivity contribution in [2.24, 2.45) is 23.2 Å². The van der Waals surface area contributed by atoms with Gasteiger partial charge in [0.1, 0.15) is 24.2 Å². The topological polar surface area (TPSA) is 96.4 Å². The highest BCUT2D eigenvalue weighted by atomic mass is 16.6. The molecule has 8 nitrogen and oxygen atoms in total. The normalized spacial score (nSPS) is 33.3. The molecule has 0 aromatic carbocycles. The Labute approximate surface area is 214 Å². The SMILES string of the molecule is CC(C)C[C@H](CO)N1C(=O)[C@@H]2[C@H]3C(=O)OCC=C[C@H]3O[C@@]23C=CCN(C(C)(C)CC(C)(C)C)C(=O)C13. The van der Waals surface area contributed by atoms with Crippen molar-refractivity contribution in [1.29, 1.82) is 0 Å². The molecule has 200 valence electrons. The van der Waals surface area contributed by atoms with Crippen LogP contribution in [0.1, 0.15) is 61.3 Å². The van der Waals surface area contributed by atoms with Crippen LogP contribution in [0.4, 0.5) is 0 Å². The molecule has 0 aromatic heterocycles. The summed E-state index contributed by atoms with van der Waals surface area (Å²) in [4.78, 5) is 45.1. The Morgan fingerprint density at radius 2 is 1.81 bits per heavy atom. The molecular weight excluding hydrogens is 460 g/mol. The average Bonchev–Trinajstić information content (AvgIpc) is 3.04. The molecule has 2 saturated heterocycles. The number of aliphatic hydroxyl groups is 1. The molecule has 0 radical (unpaired) electrons. The van der Waals surface area contributed by atoms with Gasteiger partial charge < -0.3 is 24.4 Å². The molecule has 0 aromatic rings. The minimum Gasteiger partial charge on any atom is -0.461 e. The molecule has 1 N–H and O–H groups in total. The number of esters is 1. The maximum Gasteiger partial charge on any atom is 0.313 e. The molecule has 2 fully saturated rings. The van der Waals surface area contributed by atoms with Gasteiger partial charge in [0.2, 0.25) is 11.8 Å². The van der Waals surface area contributed by atoms with Gasteiger partial charge in [-0.25, -0.2) is 0 Å². The first kappa shape index (κ1) is 26.9. The summed E-state index contributed by atoms with van der Waals surface area (Å²) in [5.74, 6) is -2.56. The Hall–Kier alpha value is -2.19. The minimum absolute atomic E-state index is 0.0257. The van der Waals surface area contributed by atoms with E-state index >= 15 is 0 Å². The lowest BCUT2D eigenvalue weighted by Gasteiger charge is -2.45. The molecule has 36 heavy (non-hydrogen) atoms. The number of rotatable bonds is 6. The molecule has 4 rings (SSSR count). The van der Waals surface area contributed by atoms with Crippen LogP contribution < -0.4 is 0 Å². The van der Waals surface area contributed by atoms with Crippen LogP contribution in [0.3, 0.4) is 0 Å². The second-order valence-electron chi connectivity index (χ2n) is 13.0. The summed E-state index contributed by atoms with van der Waals surface area (Å²) in [6.45, 7) is 14.8. The molecule has 6 atom stereocenters. The second kappa shape index (κ2) is 9.28. The first-order valence-electron chi connectivity index (χ1n) is 13.2. The minimum atomic E-state index is -1.30. The van der Waals surface area contributed by atoms with Crippen LogP contribution >= 0.6 is 0 Å². The quantitative estimate of drug-likeness (QED) is 0.443. The highest BCUT2D eigenvalue weighted by molar-refractivity contribution is 5.99. The van der Waals surface area contributed by atoms with E-state index in [2.05, 4.69) is 34.6 Å². The molecule has 4 heterocycles. The first-order valence-corrected chi connectivity index (χ1v) is 13.2. The summed E-state index contributed by atoms with van der Waals surface area (Å²) in [7, 11) is 0. The number of hydrogen-bond donors (Lipinski definition) is 1. The lowest BCUT2D eigenvalue weighted by molar-refractivity contribution is -0.157. The first-order chi connectivity index (χ1) is 16.7. The van der Waals surface area contributed by atoms with Gasteiger partial charge in [-0.05, 0) is 44.1 Å². The maximum atomic E-state index is 14.5. The van der Waals surface area contributed by atoms with Crippen molar-refractivity contribution in [2.45, 2.75) is 90.6 Å². The predicted molar refractivity (Wildman–Crippen MR) is 135 cm³/mol. The fourth-order valence-electron chi connectivity index (χ4n) is 7.06. The summed E-state index contributed by atoms with van der Waals surface area (Å²) in [5.41, 5.74) is -1.82. The standard InChI is InChI=1S/C28H42N2O6/c1-17(2)14-18(15-31)30-22-24(33)29(27(6,7)16-26(3,4)5)12-9-11-28(22)21(23(30)32)20-19(36-28)10-8-13-35-25(20)34/h8-11,17-22,31H,12-16H2,1-7H3/t18-,19-,20+,21+,22?,28+/m1/s1. The number of carbonyl (C=O) groups excluding carboxylic acids is 3. The van der Waals surface area contributed by atoms with Crippen LogP contribution in [0.15, 0.2) is 24.3 Å². The zero-order chi connectivity index (χ0) is 26.6. The summed E-state index contributed by atoms with van der Waals surface area (Å²) in [6.07, 6.45) is 7.89. The molecule has 1 unspecified atom stereocenters. The molecule has 2 amide bonds. The fraction of sp³-hybridized carbons (Fsp3) is 0.750. The van der Waals surface area contributed by atoms with Crippen LogP contribution in [0.2, 0.25) is 0 Å². The van der Waals surface area contributed by atoms with Crippen LogP contribution in [0.25, 0.3) is 0 Å². The van der Waals surface area contributed by atoms with Crippen molar-refractivity contribution in [2.75, 3.05) is 19.8 Å². The van der Waals surface area contributed by atoms with Gasteiger partial charge in [0, 0.05) is 12.1 Å². The average molecular weight is 503 g/mol. The van der Waals surface area contributed by atoms with Gasteiger partial charge in [-0.15, -0.1) is 0 Å². The lowest BCUT2D eigenvalue weighted by Crippen LogP contribution is -2.61. The molecule has 0 saturated carbocycles. The molecular formula is C28H42N2O6. The van der Waals surface area contributed by atoms with Crippen molar-refractivity contribution in [3.05, 3.63) is 24.3 Å². The molecule has 4 aliphatic heterocycles. The van der Waals surface area contributed by atoms with Gasteiger partial charge in [0.15, 0.2) is 0 Å². The van der Waals surface area contributed by atoms with E-state index in [1.807, 2.05) is 30.9 Å². The monoisotopic (exact) mass is 502 g/mol. The maximum absolute atomic E-state index is 14.5. The number of nitrogens with zero attached hydrogens (tertiary/aromatic N) is 2. The van der Waals surface area contributed by atoms with Crippen LogP contribution in [-0.2, 0) is 23.9 Å². The smallest absolute Gasteiger partial charge is 0.313 e. The Bertz CT molecular complexity index is 964. The molecule has 8 heteroatoms. The van der Waals surface area contributed by atoms with Crippen molar-refractivity contribution >= 4 is 17.8 Å². The van der Waals surface area contributed by atoms with Gasteiger partial charge in [-0.2, -0.15) is 0 Å². The van der Waals surface area contributed by atoms with Crippen LogP contribution in [0.5, 0.6) is 0 Å². The van der Waals surface area contributed by atoms with E-state index < -0.39 is 47.1 Å². The van der Waals surface area contributed by atoms with E-state index in [1.165, 1.54) is 0 Å². The number of aliphatic hydroxyl groups excluding tert-OH is 1. The van der Waals surface area contributed by atoms with Crippen LogP contribution in [-0.4, -0.2) is 81.8 Å². The highest BCUT2D eigenvalue weighted by Gasteiger charge is 2.73. The summed E-state index contributed by atoms with van der Waals surface area (Å²) in [5, 5.41) is 10.4. The second-order valence-corrected chi connectivity index (χ2v) is 13.0. The Morgan fingerprint density at radius 1 is 1.11 bits per heavy atom. The van der Waals surface area contributed by atoms with E-state index in [0.717, 1.165) is 6.42 Å². The number of fused-ring (bicyclic) bond motifs is 2. The van der Waals surface area contributed by atoms with Crippen molar-refractivity contribution in [1.82, 2.24) is 9.80 Å². The van der Waals surface area contributed by atoms with Crippen molar-refractivity contribution in [3.8, 4) is 0 Å². The van der Waals surface area contributed by atoms with Crippen molar-refractivity contribution in [3.63, 3.8) is 0 Å². The Morgan fingerprint density at radius 3 is 2.42 bits per heavy atom. The Kier molecular flexibility index (Phi) is 6.92. The van der Waals surface area contributed by atoms with Gasteiger partial charge in [-0.3, -0.25) is 14.4 Å². The number of cyclic esters (lactones) is 1. The third-order valence-electron chi connectivity index (χ3n) is 7.89. The Balaban J connectivity index is 1.85. The van der Waals surface area contributed by atoms with E-state index in [1.54, 1.807) is 17.1 Å². The van der Waals surface area contributed by atoms with E-state index in [0.29, 0.717) is 13.0 Å². The predicted octanol–water partition coefficient (Wildman–Crippen LogP) is 2.70. The number of carbonyl (C=O) groups is 3. The molecule has 4 aliphatic rings. The van der Waals surface area contributed by atoms with Gasteiger partial charge in [0.05, 0.1) is 24.7 Å². The number of ether oxygens (including phenoxy) is 2. The molecule has 0 bridgehead atoms. The number of likely N-dealkylation sites (tertiary alicyclic amines) is 1. The zero-order valence-electron chi connectivity index (χ0n) is 22.7. The fourth-order valence-corrected chi connectivity index (χ4v) is 7.06. The van der Waals surface area contributed by atoms with Gasteiger partial charge in [-0.1, -0.05) is 52.8 Å². The molecule has 1 spiro atoms. The number of amides is 2. The summed E-state index contributed by atoms with van der Waals surface area (Å²) in [6, 6.07) is -1.54. The zero-order valence-corrected chi connectivity index (χ0v) is 22.7.